The van der Waals surface area contributed by atoms with Crippen molar-refractivity contribution in [3.05, 3.63) is 30.7 Å². The number of rotatable bonds is 5. The van der Waals surface area contributed by atoms with E-state index in [0.717, 1.165) is 30.3 Å². The van der Waals surface area contributed by atoms with Crippen LogP contribution in [-0.4, -0.2) is 42.1 Å². The number of anilines is 1. The molecule has 17 heavy (non-hydrogen) atoms. The number of likely N-dealkylation sites (N-methyl/N-ethyl adjacent to an activating group) is 2. The van der Waals surface area contributed by atoms with Crippen LogP contribution in [0.4, 0.5) is 5.95 Å². The zero-order chi connectivity index (χ0) is 12.1. The van der Waals surface area contributed by atoms with Gasteiger partial charge in [-0.2, -0.15) is 0 Å². The highest BCUT2D eigenvalue weighted by atomic mass is 15.2. The standard InChI is InChI=1S/C12H17N5/c1-13-6-7-17(2)12-15-8-10(9-16-12)11-4-3-5-14-11/h3-5,8-9,13-14H,6-7H2,1-2H3. The minimum Gasteiger partial charge on any atom is -0.361 e. The van der Waals surface area contributed by atoms with Crippen LogP contribution in [0.2, 0.25) is 0 Å². The Morgan fingerprint density at radius 3 is 2.71 bits per heavy atom. The first-order valence-electron chi connectivity index (χ1n) is 5.63. The van der Waals surface area contributed by atoms with Crippen LogP contribution in [-0.2, 0) is 0 Å². The van der Waals surface area contributed by atoms with Crippen molar-refractivity contribution in [1.82, 2.24) is 20.3 Å². The molecule has 0 saturated heterocycles. The molecule has 0 spiro atoms. The summed E-state index contributed by atoms with van der Waals surface area (Å²) in [6.45, 7) is 1.80. The normalized spacial score (nSPS) is 10.5. The fourth-order valence-corrected chi connectivity index (χ4v) is 1.55. The van der Waals surface area contributed by atoms with Gasteiger partial charge >= 0.3 is 0 Å². The molecule has 90 valence electrons. The van der Waals surface area contributed by atoms with Crippen molar-refractivity contribution in [2.45, 2.75) is 0 Å². The lowest BCUT2D eigenvalue weighted by atomic mass is 10.2. The van der Waals surface area contributed by atoms with E-state index in [1.807, 2.05) is 49.7 Å². The van der Waals surface area contributed by atoms with Crippen molar-refractivity contribution in [3.8, 4) is 11.3 Å². The summed E-state index contributed by atoms with van der Waals surface area (Å²) >= 11 is 0. The quantitative estimate of drug-likeness (QED) is 0.810. The van der Waals surface area contributed by atoms with E-state index in [1.54, 1.807) is 0 Å². The number of nitrogens with one attached hydrogen (secondary N) is 2. The fourth-order valence-electron chi connectivity index (χ4n) is 1.55. The molecule has 0 fully saturated rings. The SMILES string of the molecule is CNCCN(C)c1ncc(-c2ccc[nH]2)cn1. The monoisotopic (exact) mass is 231 g/mol. The van der Waals surface area contributed by atoms with Gasteiger partial charge < -0.3 is 15.2 Å². The van der Waals surface area contributed by atoms with Gasteiger partial charge in [-0.15, -0.1) is 0 Å². The van der Waals surface area contributed by atoms with Gasteiger partial charge in [0.2, 0.25) is 5.95 Å². The van der Waals surface area contributed by atoms with E-state index in [9.17, 15) is 0 Å². The van der Waals surface area contributed by atoms with Crippen LogP contribution in [0.15, 0.2) is 30.7 Å². The first-order valence-corrected chi connectivity index (χ1v) is 5.63. The number of H-pyrrole nitrogens is 1. The third-order valence-corrected chi connectivity index (χ3v) is 2.59. The Morgan fingerprint density at radius 1 is 1.35 bits per heavy atom. The van der Waals surface area contributed by atoms with Crippen LogP contribution in [0, 0.1) is 0 Å². The van der Waals surface area contributed by atoms with E-state index >= 15 is 0 Å². The molecule has 0 aromatic carbocycles. The summed E-state index contributed by atoms with van der Waals surface area (Å²) in [6, 6.07) is 3.96. The highest BCUT2D eigenvalue weighted by molar-refractivity contribution is 5.57. The number of hydrogen-bond acceptors (Lipinski definition) is 4. The molecule has 5 nitrogen and oxygen atoms in total. The fraction of sp³-hybridized carbons (Fsp3) is 0.333. The van der Waals surface area contributed by atoms with Crippen molar-refractivity contribution in [2.75, 3.05) is 32.1 Å². The van der Waals surface area contributed by atoms with Crippen molar-refractivity contribution in [3.63, 3.8) is 0 Å². The van der Waals surface area contributed by atoms with E-state index in [0.29, 0.717) is 0 Å². The molecule has 0 aliphatic carbocycles. The number of aromatic nitrogens is 3. The van der Waals surface area contributed by atoms with Crippen LogP contribution in [0.25, 0.3) is 11.3 Å². The first-order chi connectivity index (χ1) is 8.31. The first kappa shape index (κ1) is 11.6. The molecule has 2 N–H and O–H groups in total. The average Bonchev–Trinajstić information content (AvgIpc) is 2.90. The van der Waals surface area contributed by atoms with Crippen LogP contribution < -0.4 is 10.2 Å². The smallest absolute Gasteiger partial charge is 0.225 e. The number of aromatic amines is 1. The maximum absolute atomic E-state index is 4.35. The zero-order valence-corrected chi connectivity index (χ0v) is 10.1. The summed E-state index contributed by atoms with van der Waals surface area (Å²) in [5.74, 6) is 0.746. The predicted octanol–water partition coefficient (Wildman–Crippen LogP) is 1.13. The van der Waals surface area contributed by atoms with E-state index in [1.165, 1.54) is 0 Å². The summed E-state index contributed by atoms with van der Waals surface area (Å²) < 4.78 is 0. The van der Waals surface area contributed by atoms with E-state index < -0.39 is 0 Å². The lowest BCUT2D eigenvalue weighted by molar-refractivity contribution is 0.753. The Morgan fingerprint density at radius 2 is 2.12 bits per heavy atom. The molecule has 0 atom stereocenters. The molecule has 5 heteroatoms. The van der Waals surface area contributed by atoms with Crippen LogP contribution in [0.5, 0.6) is 0 Å². The molecular weight excluding hydrogens is 214 g/mol. The van der Waals surface area contributed by atoms with Crippen molar-refractivity contribution >= 4 is 5.95 Å². The van der Waals surface area contributed by atoms with E-state index in [-0.39, 0.29) is 0 Å². The highest BCUT2D eigenvalue weighted by Crippen LogP contribution is 2.15. The van der Waals surface area contributed by atoms with Crippen LogP contribution in [0.1, 0.15) is 0 Å². The number of nitrogens with zero attached hydrogens (tertiary/aromatic N) is 3. The van der Waals surface area contributed by atoms with Crippen LogP contribution >= 0.6 is 0 Å². The molecular formula is C12H17N5. The second-order valence-corrected chi connectivity index (χ2v) is 3.88. The molecule has 0 aliphatic rings. The molecule has 2 rings (SSSR count). The molecule has 2 heterocycles. The maximum atomic E-state index is 4.35. The van der Waals surface area contributed by atoms with Gasteiger partial charge in [0.15, 0.2) is 0 Å². The van der Waals surface area contributed by atoms with Crippen molar-refractivity contribution in [2.24, 2.45) is 0 Å². The topological polar surface area (TPSA) is 56.8 Å². The zero-order valence-electron chi connectivity index (χ0n) is 10.1. The minimum atomic E-state index is 0.746. The Bertz CT molecular complexity index is 434. The summed E-state index contributed by atoms with van der Waals surface area (Å²) in [6.07, 6.45) is 5.57. The molecule has 2 aromatic heterocycles. The average molecular weight is 231 g/mol. The Kier molecular flexibility index (Phi) is 3.72. The molecule has 0 amide bonds. The van der Waals surface area contributed by atoms with Crippen molar-refractivity contribution < 1.29 is 0 Å². The molecule has 0 saturated carbocycles. The summed E-state index contributed by atoms with van der Waals surface area (Å²) in [4.78, 5) is 13.9. The van der Waals surface area contributed by atoms with Gasteiger partial charge in [-0.05, 0) is 19.2 Å². The highest BCUT2D eigenvalue weighted by Gasteiger charge is 2.04. The van der Waals surface area contributed by atoms with E-state index in [4.69, 9.17) is 0 Å². The predicted molar refractivity (Wildman–Crippen MR) is 69.0 cm³/mol. The summed E-state index contributed by atoms with van der Waals surface area (Å²) in [7, 11) is 3.92. The van der Waals surface area contributed by atoms with Crippen LogP contribution in [0.3, 0.4) is 0 Å². The summed E-state index contributed by atoms with van der Waals surface area (Å²) in [5, 5.41) is 3.10. The van der Waals surface area contributed by atoms with Gasteiger partial charge in [-0.3, -0.25) is 0 Å². The Labute approximate surface area is 101 Å². The van der Waals surface area contributed by atoms with Gasteiger partial charge in [0, 0.05) is 50.0 Å². The summed E-state index contributed by atoms with van der Waals surface area (Å²) in [5.41, 5.74) is 2.04. The lowest BCUT2D eigenvalue weighted by Crippen LogP contribution is -2.28. The maximum Gasteiger partial charge on any atom is 0.225 e. The lowest BCUT2D eigenvalue weighted by Gasteiger charge is -2.16. The minimum absolute atomic E-state index is 0.746. The van der Waals surface area contributed by atoms with Gasteiger partial charge in [-0.25, -0.2) is 9.97 Å². The molecule has 0 bridgehead atoms. The number of hydrogen-bond donors (Lipinski definition) is 2. The molecule has 0 radical (unpaired) electrons. The second-order valence-electron chi connectivity index (χ2n) is 3.88. The third kappa shape index (κ3) is 2.82. The molecule has 0 unspecified atom stereocenters. The Hall–Kier alpha value is -1.88. The van der Waals surface area contributed by atoms with Gasteiger partial charge in [-0.1, -0.05) is 0 Å². The molecule has 2 aromatic rings. The van der Waals surface area contributed by atoms with Gasteiger partial charge in [0.05, 0.1) is 0 Å². The third-order valence-electron chi connectivity index (χ3n) is 2.59. The van der Waals surface area contributed by atoms with Gasteiger partial charge in [0.25, 0.3) is 0 Å². The van der Waals surface area contributed by atoms with Crippen molar-refractivity contribution in [1.29, 1.82) is 0 Å². The molecule has 0 aliphatic heterocycles. The largest absolute Gasteiger partial charge is 0.361 e. The Balaban J connectivity index is 2.08. The van der Waals surface area contributed by atoms with Gasteiger partial charge in [0.1, 0.15) is 0 Å². The van der Waals surface area contributed by atoms with E-state index in [2.05, 4.69) is 20.3 Å². The second kappa shape index (κ2) is 5.45.